The molecule has 4 rings (SSSR count). The minimum Gasteiger partial charge on any atom is -0.497 e. The molecule has 32 heavy (non-hydrogen) atoms. The highest BCUT2D eigenvalue weighted by molar-refractivity contribution is 7.99. The molecule has 4 aromatic rings. The van der Waals surface area contributed by atoms with Crippen LogP contribution in [0, 0.1) is 6.92 Å². The second-order valence-corrected chi connectivity index (χ2v) is 8.69. The molecule has 0 aliphatic rings. The van der Waals surface area contributed by atoms with Gasteiger partial charge in [-0.2, -0.15) is 5.10 Å². The van der Waals surface area contributed by atoms with E-state index in [1.54, 1.807) is 67.1 Å². The molecule has 2 aromatic heterocycles. The topological polar surface area (TPSA) is 85.6 Å². The first-order valence-corrected chi connectivity index (χ1v) is 11.6. The standard InChI is InChI=1S/C23H20N4O3S2/c1-15-11-12-31-20(15)13-24-26-21(28)14-32-23-25-19-6-4-3-5-18(19)22(29)27(23)16-7-9-17(30-2)10-8-16/h3-13H,14H2,1-2H3,(H,26,28). The second kappa shape index (κ2) is 9.80. The molecule has 0 radical (unpaired) electrons. The molecular formula is C23H20N4O3S2. The van der Waals surface area contributed by atoms with Gasteiger partial charge in [0.25, 0.3) is 11.5 Å². The Morgan fingerprint density at radius 3 is 2.72 bits per heavy atom. The third-order valence-electron chi connectivity index (χ3n) is 4.68. The van der Waals surface area contributed by atoms with E-state index in [1.165, 1.54) is 16.3 Å². The fraction of sp³-hybridized carbons (Fsp3) is 0.130. The number of benzene rings is 2. The summed E-state index contributed by atoms with van der Waals surface area (Å²) in [4.78, 5) is 31.2. The Morgan fingerprint density at radius 2 is 2.00 bits per heavy atom. The normalized spacial score (nSPS) is 11.2. The van der Waals surface area contributed by atoms with Crippen molar-refractivity contribution < 1.29 is 9.53 Å². The van der Waals surface area contributed by atoms with E-state index in [1.807, 2.05) is 24.4 Å². The van der Waals surface area contributed by atoms with Gasteiger partial charge in [0.05, 0.1) is 35.7 Å². The van der Waals surface area contributed by atoms with Crippen molar-refractivity contribution in [1.82, 2.24) is 15.0 Å². The molecule has 0 atom stereocenters. The average molecular weight is 465 g/mol. The summed E-state index contributed by atoms with van der Waals surface area (Å²) in [7, 11) is 1.58. The first kappa shape index (κ1) is 21.8. The van der Waals surface area contributed by atoms with Gasteiger partial charge in [-0.15, -0.1) is 11.3 Å². The fourth-order valence-electron chi connectivity index (χ4n) is 3.01. The molecule has 0 spiro atoms. The maximum Gasteiger partial charge on any atom is 0.266 e. The maximum atomic E-state index is 13.2. The lowest BCUT2D eigenvalue weighted by Gasteiger charge is -2.13. The predicted octanol–water partition coefficient (Wildman–Crippen LogP) is 4.01. The Hall–Kier alpha value is -3.43. The van der Waals surface area contributed by atoms with E-state index in [4.69, 9.17) is 4.74 Å². The molecule has 162 valence electrons. The van der Waals surface area contributed by atoms with Crippen LogP contribution >= 0.6 is 23.1 Å². The number of thiophene rings is 1. The van der Waals surface area contributed by atoms with E-state index < -0.39 is 0 Å². The first-order valence-electron chi connectivity index (χ1n) is 9.72. The van der Waals surface area contributed by atoms with Gasteiger partial charge < -0.3 is 4.74 Å². The zero-order chi connectivity index (χ0) is 22.5. The lowest BCUT2D eigenvalue weighted by atomic mass is 10.2. The van der Waals surface area contributed by atoms with Gasteiger partial charge in [0.2, 0.25) is 0 Å². The average Bonchev–Trinajstić information content (AvgIpc) is 3.22. The third-order valence-corrected chi connectivity index (χ3v) is 6.57. The van der Waals surface area contributed by atoms with Gasteiger partial charge in [0, 0.05) is 4.88 Å². The maximum absolute atomic E-state index is 13.2. The zero-order valence-corrected chi connectivity index (χ0v) is 19.1. The van der Waals surface area contributed by atoms with Crippen LogP contribution in [-0.4, -0.2) is 34.5 Å². The molecule has 7 nitrogen and oxygen atoms in total. The van der Waals surface area contributed by atoms with E-state index in [0.717, 1.165) is 10.4 Å². The molecule has 0 saturated heterocycles. The van der Waals surface area contributed by atoms with Crippen molar-refractivity contribution in [3.8, 4) is 11.4 Å². The van der Waals surface area contributed by atoms with Crippen molar-refractivity contribution in [3.05, 3.63) is 80.8 Å². The number of hydrogen-bond acceptors (Lipinski definition) is 7. The number of para-hydroxylation sites is 1. The molecule has 0 bridgehead atoms. The highest BCUT2D eigenvalue weighted by Crippen LogP contribution is 2.22. The molecule has 1 amide bonds. The van der Waals surface area contributed by atoms with Crippen LogP contribution < -0.4 is 15.7 Å². The number of hydrazone groups is 1. The van der Waals surface area contributed by atoms with Crippen LogP contribution in [0.2, 0.25) is 0 Å². The van der Waals surface area contributed by atoms with Crippen LogP contribution in [0.1, 0.15) is 10.4 Å². The Morgan fingerprint density at radius 1 is 1.22 bits per heavy atom. The summed E-state index contributed by atoms with van der Waals surface area (Å²) in [6, 6.07) is 16.3. The number of methoxy groups -OCH3 is 1. The number of carbonyl (C=O) groups is 1. The number of aromatic nitrogens is 2. The summed E-state index contributed by atoms with van der Waals surface area (Å²) < 4.78 is 6.72. The number of ether oxygens (including phenoxy) is 1. The van der Waals surface area contributed by atoms with Gasteiger partial charge in [-0.1, -0.05) is 23.9 Å². The number of nitrogens with one attached hydrogen (secondary N) is 1. The Bertz CT molecular complexity index is 1340. The van der Waals surface area contributed by atoms with Crippen LogP contribution in [0.4, 0.5) is 0 Å². The van der Waals surface area contributed by atoms with Gasteiger partial charge in [0.15, 0.2) is 5.16 Å². The summed E-state index contributed by atoms with van der Waals surface area (Å²) in [5.41, 5.74) is 4.65. The van der Waals surface area contributed by atoms with Crippen molar-refractivity contribution in [2.45, 2.75) is 12.1 Å². The summed E-state index contributed by atoms with van der Waals surface area (Å²) in [6.07, 6.45) is 1.63. The largest absolute Gasteiger partial charge is 0.497 e. The molecule has 2 aromatic carbocycles. The Balaban J connectivity index is 1.59. The molecule has 1 N–H and O–H groups in total. The van der Waals surface area contributed by atoms with Crippen LogP contribution in [0.25, 0.3) is 16.6 Å². The third kappa shape index (κ3) is 4.74. The molecule has 2 heterocycles. The number of hydrogen-bond donors (Lipinski definition) is 1. The van der Waals surface area contributed by atoms with Crippen molar-refractivity contribution in [3.63, 3.8) is 0 Å². The van der Waals surface area contributed by atoms with Crippen LogP contribution in [-0.2, 0) is 4.79 Å². The van der Waals surface area contributed by atoms with E-state index >= 15 is 0 Å². The van der Waals surface area contributed by atoms with Crippen LogP contribution in [0.5, 0.6) is 5.75 Å². The van der Waals surface area contributed by atoms with Crippen molar-refractivity contribution >= 4 is 46.1 Å². The van der Waals surface area contributed by atoms with Crippen LogP contribution in [0.3, 0.4) is 0 Å². The summed E-state index contributed by atoms with van der Waals surface area (Å²) >= 11 is 2.73. The summed E-state index contributed by atoms with van der Waals surface area (Å²) in [5.74, 6) is 0.453. The highest BCUT2D eigenvalue weighted by atomic mass is 32.2. The molecule has 0 saturated carbocycles. The molecule has 0 aliphatic carbocycles. The van der Waals surface area contributed by atoms with E-state index in [2.05, 4.69) is 15.5 Å². The first-order chi connectivity index (χ1) is 15.6. The van der Waals surface area contributed by atoms with Gasteiger partial charge in [-0.3, -0.25) is 14.2 Å². The number of aryl methyl sites for hydroxylation is 1. The van der Waals surface area contributed by atoms with Gasteiger partial charge in [0.1, 0.15) is 5.75 Å². The molecule has 0 unspecified atom stereocenters. The molecule has 9 heteroatoms. The summed E-state index contributed by atoms with van der Waals surface area (Å²) in [5, 5.41) is 6.92. The van der Waals surface area contributed by atoms with E-state index in [0.29, 0.717) is 27.5 Å². The Kier molecular flexibility index (Phi) is 6.67. The lowest BCUT2D eigenvalue weighted by molar-refractivity contribution is -0.118. The van der Waals surface area contributed by atoms with E-state index in [-0.39, 0.29) is 17.2 Å². The van der Waals surface area contributed by atoms with Gasteiger partial charge in [-0.05, 0) is 60.3 Å². The monoisotopic (exact) mass is 464 g/mol. The van der Waals surface area contributed by atoms with Crippen molar-refractivity contribution in [1.29, 1.82) is 0 Å². The number of amides is 1. The Labute approximate surface area is 192 Å². The van der Waals surface area contributed by atoms with Crippen molar-refractivity contribution in [2.75, 3.05) is 12.9 Å². The van der Waals surface area contributed by atoms with E-state index in [9.17, 15) is 9.59 Å². The minimum absolute atomic E-state index is 0.0572. The zero-order valence-electron chi connectivity index (χ0n) is 17.4. The quantitative estimate of drug-likeness (QED) is 0.193. The highest BCUT2D eigenvalue weighted by Gasteiger charge is 2.15. The van der Waals surface area contributed by atoms with Gasteiger partial charge >= 0.3 is 0 Å². The second-order valence-electron chi connectivity index (χ2n) is 6.80. The number of thioether (sulfide) groups is 1. The van der Waals surface area contributed by atoms with Crippen molar-refractivity contribution in [2.24, 2.45) is 5.10 Å². The SMILES string of the molecule is COc1ccc(-n2c(SCC(=O)NN=Cc3sccc3C)nc3ccccc3c2=O)cc1. The van der Waals surface area contributed by atoms with Crippen LogP contribution in [0.15, 0.2) is 75.0 Å². The molecular weight excluding hydrogens is 444 g/mol. The van der Waals surface area contributed by atoms with Gasteiger partial charge in [-0.25, -0.2) is 10.4 Å². The number of rotatable bonds is 7. The smallest absolute Gasteiger partial charge is 0.266 e. The fourth-order valence-corrected chi connectivity index (χ4v) is 4.60. The molecule has 0 aliphatic heterocycles. The number of fused-ring (bicyclic) bond motifs is 1. The number of carbonyl (C=O) groups excluding carboxylic acids is 1. The molecule has 0 fully saturated rings. The predicted molar refractivity (Wildman–Crippen MR) is 129 cm³/mol. The summed E-state index contributed by atoms with van der Waals surface area (Å²) in [6.45, 7) is 1.99. The minimum atomic E-state index is -0.288. The lowest BCUT2D eigenvalue weighted by Crippen LogP contribution is -2.24. The number of nitrogens with zero attached hydrogens (tertiary/aromatic N) is 3.